The standard InChI is InChI=1S/C13H28O2Si/c1-5-16(6-2,7-3)15-13(4,14)12-10-8-9-11-12/h12,14H,5-11H2,1-4H3. The Kier molecular flexibility index (Phi) is 5.01. The molecule has 2 nitrogen and oxygen atoms in total. The Morgan fingerprint density at radius 3 is 1.94 bits per heavy atom. The zero-order valence-corrected chi connectivity index (χ0v) is 12.4. The maximum Gasteiger partial charge on any atom is 0.195 e. The van der Waals surface area contributed by atoms with Gasteiger partial charge in [0, 0.05) is 5.92 Å². The van der Waals surface area contributed by atoms with E-state index in [2.05, 4.69) is 20.8 Å². The van der Waals surface area contributed by atoms with Crippen LogP contribution in [0.25, 0.3) is 0 Å². The van der Waals surface area contributed by atoms with Gasteiger partial charge in [-0.15, -0.1) is 0 Å². The first-order chi connectivity index (χ1) is 7.49. The second-order valence-corrected chi connectivity index (χ2v) is 10.1. The predicted octanol–water partition coefficient (Wildman–Crippen LogP) is 3.91. The van der Waals surface area contributed by atoms with Crippen LogP contribution in [0.5, 0.6) is 0 Å². The molecule has 96 valence electrons. The summed E-state index contributed by atoms with van der Waals surface area (Å²) in [6.45, 7) is 8.53. The first-order valence-corrected chi connectivity index (χ1v) is 9.45. The SMILES string of the molecule is CC[Si](CC)(CC)OC(C)(O)C1CCCC1. The molecule has 1 saturated carbocycles. The Bertz CT molecular complexity index is 198. The first kappa shape index (κ1) is 14.2. The second-order valence-electron chi connectivity index (χ2n) is 5.38. The third-order valence-corrected chi connectivity index (χ3v) is 9.18. The van der Waals surface area contributed by atoms with Crippen molar-refractivity contribution < 1.29 is 9.53 Å². The second kappa shape index (κ2) is 5.65. The van der Waals surface area contributed by atoms with E-state index in [1.165, 1.54) is 12.8 Å². The molecule has 0 radical (unpaired) electrons. The highest BCUT2D eigenvalue weighted by Crippen LogP contribution is 2.38. The van der Waals surface area contributed by atoms with Gasteiger partial charge < -0.3 is 9.53 Å². The van der Waals surface area contributed by atoms with E-state index in [0.717, 1.165) is 31.0 Å². The van der Waals surface area contributed by atoms with Gasteiger partial charge in [-0.25, -0.2) is 0 Å². The molecule has 0 aliphatic heterocycles. The third kappa shape index (κ3) is 3.08. The van der Waals surface area contributed by atoms with Crippen LogP contribution in [0.1, 0.15) is 53.4 Å². The van der Waals surface area contributed by atoms with Crippen molar-refractivity contribution in [2.45, 2.75) is 77.3 Å². The van der Waals surface area contributed by atoms with Crippen LogP contribution in [0.4, 0.5) is 0 Å². The zero-order chi connectivity index (χ0) is 12.2. The van der Waals surface area contributed by atoms with Gasteiger partial charge in [0.05, 0.1) is 0 Å². The fraction of sp³-hybridized carbons (Fsp3) is 1.00. The van der Waals surface area contributed by atoms with Gasteiger partial charge in [-0.2, -0.15) is 0 Å². The van der Waals surface area contributed by atoms with Gasteiger partial charge in [-0.1, -0.05) is 33.6 Å². The molecule has 0 spiro atoms. The molecule has 1 atom stereocenters. The molecule has 0 aromatic carbocycles. The summed E-state index contributed by atoms with van der Waals surface area (Å²) < 4.78 is 6.25. The summed E-state index contributed by atoms with van der Waals surface area (Å²) in [7, 11) is -1.67. The van der Waals surface area contributed by atoms with Crippen LogP contribution in [0.15, 0.2) is 0 Å². The van der Waals surface area contributed by atoms with E-state index in [9.17, 15) is 5.11 Å². The van der Waals surface area contributed by atoms with Gasteiger partial charge in [0.1, 0.15) is 0 Å². The van der Waals surface area contributed by atoms with Crippen LogP contribution in [0.2, 0.25) is 18.1 Å². The molecule has 1 N–H and O–H groups in total. The zero-order valence-electron chi connectivity index (χ0n) is 11.4. The summed E-state index contributed by atoms with van der Waals surface area (Å²) in [5.41, 5.74) is 0. The summed E-state index contributed by atoms with van der Waals surface area (Å²) in [5, 5.41) is 10.6. The van der Waals surface area contributed by atoms with Crippen LogP contribution in [-0.4, -0.2) is 19.2 Å². The van der Waals surface area contributed by atoms with Gasteiger partial charge in [-0.3, -0.25) is 0 Å². The minimum absolute atomic E-state index is 0.365. The molecule has 0 bridgehead atoms. The largest absolute Gasteiger partial charge is 0.390 e. The molecular weight excluding hydrogens is 216 g/mol. The van der Waals surface area contributed by atoms with Crippen LogP contribution in [0, 0.1) is 5.92 Å². The van der Waals surface area contributed by atoms with Crippen LogP contribution in [0.3, 0.4) is 0 Å². The summed E-state index contributed by atoms with van der Waals surface area (Å²) in [6, 6.07) is 3.34. The number of hydrogen-bond acceptors (Lipinski definition) is 2. The molecule has 1 fully saturated rings. The lowest BCUT2D eigenvalue weighted by Crippen LogP contribution is -2.49. The molecule has 1 aliphatic rings. The molecule has 0 aromatic rings. The van der Waals surface area contributed by atoms with Crippen molar-refractivity contribution in [1.29, 1.82) is 0 Å². The lowest BCUT2D eigenvalue weighted by atomic mass is 9.99. The van der Waals surface area contributed by atoms with Crippen molar-refractivity contribution in [2.75, 3.05) is 0 Å². The topological polar surface area (TPSA) is 29.5 Å². The number of aliphatic hydroxyl groups is 1. The van der Waals surface area contributed by atoms with E-state index in [1.807, 2.05) is 6.92 Å². The first-order valence-electron chi connectivity index (χ1n) is 6.92. The van der Waals surface area contributed by atoms with Gasteiger partial charge in [0.25, 0.3) is 0 Å². The van der Waals surface area contributed by atoms with E-state index in [-0.39, 0.29) is 0 Å². The number of hydrogen-bond donors (Lipinski definition) is 1. The molecular formula is C13H28O2Si. The van der Waals surface area contributed by atoms with Crippen LogP contribution in [-0.2, 0) is 4.43 Å². The summed E-state index contributed by atoms with van der Waals surface area (Å²) in [5.74, 6) is -0.505. The molecule has 16 heavy (non-hydrogen) atoms. The van der Waals surface area contributed by atoms with Gasteiger partial charge in [-0.05, 0) is 37.9 Å². The van der Waals surface area contributed by atoms with Crippen molar-refractivity contribution >= 4 is 8.32 Å². The normalized spacial score (nSPS) is 22.3. The Hall–Kier alpha value is 0.137. The fourth-order valence-corrected chi connectivity index (χ4v) is 5.93. The van der Waals surface area contributed by atoms with E-state index in [0.29, 0.717) is 5.92 Å². The monoisotopic (exact) mass is 244 g/mol. The Balaban J connectivity index is 2.68. The fourth-order valence-electron chi connectivity index (χ4n) is 2.95. The predicted molar refractivity (Wildman–Crippen MR) is 70.9 cm³/mol. The smallest absolute Gasteiger partial charge is 0.195 e. The van der Waals surface area contributed by atoms with Gasteiger partial charge in [0.15, 0.2) is 14.1 Å². The highest BCUT2D eigenvalue weighted by Gasteiger charge is 2.42. The van der Waals surface area contributed by atoms with Crippen molar-refractivity contribution in [3.63, 3.8) is 0 Å². The molecule has 1 rings (SSSR count). The number of rotatable bonds is 6. The average Bonchev–Trinajstić information content (AvgIpc) is 2.80. The Morgan fingerprint density at radius 1 is 1.12 bits per heavy atom. The minimum atomic E-state index is -1.67. The molecule has 0 amide bonds. The van der Waals surface area contributed by atoms with E-state index >= 15 is 0 Å². The highest BCUT2D eigenvalue weighted by atomic mass is 28.4. The third-order valence-electron chi connectivity index (χ3n) is 4.47. The van der Waals surface area contributed by atoms with E-state index in [1.54, 1.807) is 0 Å². The maximum atomic E-state index is 10.6. The van der Waals surface area contributed by atoms with Crippen LogP contribution >= 0.6 is 0 Å². The summed E-state index contributed by atoms with van der Waals surface area (Å²) >= 11 is 0. The van der Waals surface area contributed by atoms with Gasteiger partial charge >= 0.3 is 0 Å². The van der Waals surface area contributed by atoms with E-state index in [4.69, 9.17) is 4.43 Å². The molecule has 0 saturated heterocycles. The maximum absolute atomic E-state index is 10.6. The summed E-state index contributed by atoms with van der Waals surface area (Å²) in [6.07, 6.45) is 4.77. The van der Waals surface area contributed by atoms with Crippen molar-refractivity contribution in [2.24, 2.45) is 5.92 Å². The van der Waals surface area contributed by atoms with Crippen LogP contribution < -0.4 is 0 Å². The van der Waals surface area contributed by atoms with Crippen molar-refractivity contribution in [3.8, 4) is 0 Å². The minimum Gasteiger partial charge on any atom is -0.390 e. The van der Waals surface area contributed by atoms with Crippen molar-refractivity contribution in [3.05, 3.63) is 0 Å². The molecule has 1 unspecified atom stereocenters. The Labute approximate surface area is 102 Å². The molecule has 3 heteroatoms. The van der Waals surface area contributed by atoms with E-state index < -0.39 is 14.1 Å². The summed E-state index contributed by atoms with van der Waals surface area (Å²) in [4.78, 5) is 0. The quantitative estimate of drug-likeness (QED) is 0.567. The molecule has 0 aromatic heterocycles. The van der Waals surface area contributed by atoms with Gasteiger partial charge in [0.2, 0.25) is 0 Å². The van der Waals surface area contributed by atoms with Crippen molar-refractivity contribution in [1.82, 2.24) is 0 Å². The molecule has 1 aliphatic carbocycles. The highest BCUT2D eigenvalue weighted by molar-refractivity contribution is 6.73. The average molecular weight is 244 g/mol. The molecule has 0 heterocycles. The Morgan fingerprint density at radius 2 is 1.56 bits per heavy atom. The lowest BCUT2D eigenvalue weighted by Gasteiger charge is -2.40. The lowest BCUT2D eigenvalue weighted by molar-refractivity contribution is -0.169.